The van der Waals surface area contributed by atoms with Gasteiger partial charge < -0.3 is 5.32 Å². The molecule has 2 saturated carbocycles. The van der Waals surface area contributed by atoms with Gasteiger partial charge in [-0.3, -0.25) is 0 Å². The molecule has 0 radical (unpaired) electrons. The highest BCUT2D eigenvalue weighted by Gasteiger charge is 2.47. The van der Waals surface area contributed by atoms with Gasteiger partial charge in [-0.05, 0) is 31.1 Å². The average molecular weight is 215 g/mol. The lowest BCUT2D eigenvalue weighted by molar-refractivity contribution is 0.697. The van der Waals surface area contributed by atoms with Crippen LogP contribution in [0, 0.1) is 11.8 Å². The lowest BCUT2D eigenvalue weighted by Crippen LogP contribution is -2.05. The van der Waals surface area contributed by atoms with Crippen molar-refractivity contribution < 1.29 is 0 Å². The molecule has 0 aromatic carbocycles. The molecule has 0 aliphatic heterocycles. The van der Waals surface area contributed by atoms with E-state index in [-0.39, 0.29) is 0 Å². The molecule has 3 rings (SSSR count). The topological polar surface area (TPSA) is 24.9 Å². The molecule has 0 bridgehead atoms. The van der Waals surface area contributed by atoms with Crippen LogP contribution < -0.4 is 5.32 Å². The fourth-order valence-corrected chi connectivity index (χ4v) is 2.64. The quantitative estimate of drug-likeness (QED) is 0.837. The summed E-state index contributed by atoms with van der Waals surface area (Å²) in [6.07, 6.45) is 4.22. The zero-order valence-electron chi connectivity index (χ0n) is 7.16. The van der Waals surface area contributed by atoms with Gasteiger partial charge in [-0.1, -0.05) is 11.6 Å². The first-order valence-corrected chi connectivity index (χ1v) is 5.96. The highest BCUT2D eigenvalue weighted by atomic mass is 35.5. The second kappa shape index (κ2) is 2.85. The highest BCUT2D eigenvalue weighted by molar-refractivity contribution is 7.14. The van der Waals surface area contributed by atoms with E-state index in [1.54, 1.807) is 0 Å². The molecule has 2 aliphatic rings. The van der Waals surface area contributed by atoms with Crippen molar-refractivity contribution in [1.82, 2.24) is 4.98 Å². The zero-order chi connectivity index (χ0) is 8.84. The number of nitrogens with one attached hydrogen (secondary N) is 1. The third kappa shape index (κ3) is 1.67. The molecule has 70 valence electrons. The van der Waals surface area contributed by atoms with Crippen molar-refractivity contribution in [3.05, 3.63) is 9.85 Å². The second-order valence-electron chi connectivity index (χ2n) is 3.97. The Morgan fingerprint density at radius 1 is 1.54 bits per heavy atom. The van der Waals surface area contributed by atoms with Gasteiger partial charge in [0.15, 0.2) is 4.47 Å². The molecule has 2 aliphatic carbocycles. The largest absolute Gasteiger partial charge is 0.366 e. The van der Waals surface area contributed by atoms with E-state index < -0.39 is 0 Å². The van der Waals surface area contributed by atoms with Crippen molar-refractivity contribution in [2.24, 2.45) is 11.8 Å². The number of thiazole rings is 1. The van der Waals surface area contributed by atoms with Gasteiger partial charge in [0.05, 0.1) is 0 Å². The minimum Gasteiger partial charge on any atom is -0.366 e. The monoisotopic (exact) mass is 214 g/mol. The van der Waals surface area contributed by atoms with Gasteiger partial charge in [-0.25, -0.2) is 4.98 Å². The van der Waals surface area contributed by atoms with Crippen LogP contribution >= 0.6 is 22.9 Å². The molecule has 4 heteroatoms. The van der Waals surface area contributed by atoms with Crippen molar-refractivity contribution in [3.8, 4) is 0 Å². The molecule has 0 saturated heterocycles. The Morgan fingerprint density at radius 2 is 2.38 bits per heavy atom. The van der Waals surface area contributed by atoms with E-state index in [1.165, 1.54) is 30.6 Å². The normalized spacial score (nSPS) is 31.8. The SMILES string of the molecule is Clc1nc(NC2CC2C2CC2)cs1. The van der Waals surface area contributed by atoms with Gasteiger partial charge in [-0.2, -0.15) is 0 Å². The fourth-order valence-electron chi connectivity index (χ4n) is 1.93. The van der Waals surface area contributed by atoms with E-state index in [2.05, 4.69) is 10.3 Å². The predicted octanol–water partition coefficient (Wildman–Crippen LogP) is 3.01. The maximum absolute atomic E-state index is 5.74. The van der Waals surface area contributed by atoms with Gasteiger partial charge in [0, 0.05) is 11.4 Å². The van der Waals surface area contributed by atoms with Crippen LogP contribution in [0.15, 0.2) is 5.38 Å². The molecule has 0 spiro atoms. The first-order chi connectivity index (χ1) is 6.33. The highest BCUT2D eigenvalue weighted by Crippen LogP contribution is 2.51. The Bertz CT molecular complexity index is 321. The van der Waals surface area contributed by atoms with E-state index >= 15 is 0 Å². The summed E-state index contributed by atoms with van der Waals surface area (Å²) in [4.78, 5) is 4.18. The number of hydrogen-bond acceptors (Lipinski definition) is 3. The Kier molecular flexibility index (Phi) is 1.77. The molecular weight excluding hydrogens is 204 g/mol. The summed E-state index contributed by atoms with van der Waals surface area (Å²) in [5.74, 6) is 2.91. The molecule has 1 aromatic rings. The number of aromatic nitrogens is 1. The molecule has 2 atom stereocenters. The first-order valence-electron chi connectivity index (χ1n) is 4.70. The number of nitrogens with zero attached hydrogens (tertiary/aromatic N) is 1. The molecule has 0 amide bonds. The minimum atomic E-state index is 0.631. The molecular formula is C9H11ClN2S. The standard InChI is InChI=1S/C9H11ClN2S/c10-9-12-8(4-13-9)11-7-3-6(7)5-1-2-5/h4-7,11H,1-3H2. The van der Waals surface area contributed by atoms with Crippen molar-refractivity contribution in [1.29, 1.82) is 0 Å². The summed E-state index contributed by atoms with van der Waals surface area (Å²) in [5, 5.41) is 5.41. The fraction of sp³-hybridized carbons (Fsp3) is 0.667. The maximum atomic E-state index is 5.74. The summed E-state index contributed by atoms with van der Waals surface area (Å²) in [6.45, 7) is 0. The Labute approximate surface area is 86.3 Å². The number of rotatable bonds is 3. The minimum absolute atomic E-state index is 0.631. The van der Waals surface area contributed by atoms with Gasteiger partial charge in [0.25, 0.3) is 0 Å². The Balaban J connectivity index is 1.58. The van der Waals surface area contributed by atoms with E-state index in [0.29, 0.717) is 10.5 Å². The summed E-state index contributed by atoms with van der Waals surface area (Å²) in [5.41, 5.74) is 0. The summed E-state index contributed by atoms with van der Waals surface area (Å²) >= 11 is 7.23. The first kappa shape index (κ1) is 8.06. The molecule has 2 nitrogen and oxygen atoms in total. The van der Waals surface area contributed by atoms with Crippen LogP contribution in [0.1, 0.15) is 19.3 Å². The number of hydrogen-bond donors (Lipinski definition) is 1. The third-order valence-corrected chi connectivity index (χ3v) is 3.86. The second-order valence-corrected chi connectivity index (χ2v) is 5.41. The third-order valence-electron chi connectivity index (χ3n) is 2.88. The summed E-state index contributed by atoms with van der Waals surface area (Å²) in [7, 11) is 0. The molecule has 1 heterocycles. The Hall–Kier alpha value is -0.280. The van der Waals surface area contributed by atoms with Crippen LogP contribution in [0.25, 0.3) is 0 Å². The van der Waals surface area contributed by atoms with Crippen LogP contribution in [-0.2, 0) is 0 Å². The number of halogens is 1. The van der Waals surface area contributed by atoms with E-state index in [0.717, 1.165) is 17.7 Å². The predicted molar refractivity (Wildman–Crippen MR) is 55.4 cm³/mol. The smallest absolute Gasteiger partial charge is 0.185 e. The van der Waals surface area contributed by atoms with E-state index in [1.807, 2.05) is 5.38 Å². The summed E-state index contributed by atoms with van der Waals surface area (Å²) in [6, 6.07) is 0.686. The molecule has 2 fully saturated rings. The average Bonchev–Trinajstić information content (AvgIpc) is 2.92. The number of anilines is 1. The van der Waals surface area contributed by atoms with Crippen LogP contribution in [0.4, 0.5) is 5.82 Å². The molecule has 1 aromatic heterocycles. The summed E-state index contributed by atoms with van der Waals surface area (Å²) < 4.78 is 0.631. The van der Waals surface area contributed by atoms with Gasteiger partial charge in [-0.15, -0.1) is 11.3 Å². The lowest BCUT2D eigenvalue weighted by atomic mass is 10.3. The van der Waals surface area contributed by atoms with Gasteiger partial charge >= 0.3 is 0 Å². The van der Waals surface area contributed by atoms with Crippen molar-refractivity contribution in [2.75, 3.05) is 5.32 Å². The van der Waals surface area contributed by atoms with Crippen molar-refractivity contribution in [3.63, 3.8) is 0 Å². The Morgan fingerprint density at radius 3 is 3.00 bits per heavy atom. The van der Waals surface area contributed by atoms with Crippen LogP contribution in [0.2, 0.25) is 4.47 Å². The molecule has 1 N–H and O–H groups in total. The van der Waals surface area contributed by atoms with Crippen LogP contribution in [0.5, 0.6) is 0 Å². The zero-order valence-corrected chi connectivity index (χ0v) is 8.74. The van der Waals surface area contributed by atoms with Gasteiger partial charge in [0.2, 0.25) is 0 Å². The van der Waals surface area contributed by atoms with Crippen LogP contribution in [-0.4, -0.2) is 11.0 Å². The lowest BCUT2D eigenvalue weighted by Gasteiger charge is -1.99. The van der Waals surface area contributed by atoms with Crippen molar-refractivity contribution in [2.45, 2.75) is 25.3 Å². The van der Waals surface area contributed by atoms with E-state index in [9.17, 15) is 0 Å². The van der Waals surface area contributed by atoms with Gasteiger partial charge in [0.1, 0.15) is 5.82 Å². The van der Waals surface area contributed by atoms with Crippen molar-refractivity contribution >= 4 is 28.8 Å². The maximum Gasteiger partial charge on any atom is 0.185 e. The molecule has 13 heavy (non-hydrogen) atoms. The van der Waals surface area contributed by atoms with E-state index in [4.69, 9.17) is 11.6 Å². The molecule has 2 unspecified atom stereocenters. The van der Waals surface area contributed by atoms with Crippen LogP contribution in [0.3, 0.4) is 0 Å².